The Balaban J connectivity index is 1.74. The monoisotopic (exact) mass is 626 g/mol. The van der Waals surface area contributed by atoms with Crippen molar-refractivity contribution in [1.29, 1.82) is 5.41 Å². The Morgan fingerprint density at radius 3 is 2.33 bits per heavy atom. The van der Waals surface area contributed by atoms with Gasteiger partial charge in [-0.2, -0.15) is 0 Å². The van der Waals surface area contributed by atoms with Crippen LogP contribution in [0.4, 0.5) is 4.79 Å². The number of amides is 1. The SMILES string of the molecule is C=Cc1cc(C(=O)Cc2ccc(C(=N)N)cc2)c(-c2ccc(C(=O)NCC3CC3)nc2C(=O)OC(C)OC(=O)OC(C)C)cc1C. The molecule has 2 aromatic carbocycles. The standard InChI is InChI=1S/C35H38N4O7/c1-6-24-17-28(30(40)16-22-9-11-25(12-10-22)32(36)37)27(15-20(24)4)26-13-14-29(33(41)38-18-23-7-8-23)39-31(26)34(42)45-21(5)46-35(43)44-19(2)3/h6,9-15,17,19,21,23H,1,7-8,16,18H2,2-5H3,(H3,36,37)(H,38,41). The number of nitrogen functional groups attached to an aromatic ring is 1. The molecule has 4 rings (SSSR count). The molecule has 1 unspecified atom stereocenters. The zero-order chi connectivity index (χ0) is 33.5. The molecule has 1 aromatic heterocycles. The van der Waals surface area contributed by atoms with Gasteiger partial charge >= 0.3 is 12.1 Å². The third-order valence-electron chi connectivity index (χ3n) is 7.28. The minimum absolute atomic E-state index is 0.0120. The molecular formula is C35H38N4O7. The molecule has 3 aromatic rings. The number of amidine groups is 1. The molecule has 0 spiro atoms. The number of Topliss-reactive ketones (excluding diaryl/α,β-unsaturated/α-hetero) is 1. The first-order valence-electron chi connectivity index (χ1n) is 15.0. The first-order valence-corrected chi connectivity index (χ1v) is 15.0. The third kappa shape index (κ3) is 8.65. The van der Waals surface area contributed by atoms with Gasteiger partial charge in [0.2, 0.25) is 6.29 Å². The highest BCUT2D eigenvalue weighted by Gasteiger charge is 2.27. The van der Waals surface area contributed by atoms with Crippen LogP contribution < -0.4 is 11.1 Å². The summed E-state index contributed by atoms with van der Waals surface area (Å²) in [6.45, 7) is 10.8. The fourth-order valence-corrected chi connectivity index (χ4v) is 4.68. The molecule has 1 heterocycles. The number of esters is 1. The van der Waals surface area contributed by atoms with Gasteiger partial charge < -0.3 is 25.3 Å². The highest BCUT2D eigenvalue weighted by molar-refractivity contribution is 6.07. The molecule has 1 fully saturated rings. The van der Waals surface area contributed by atoms with Gasteiger partial charge in [-0.25, -0.2) is 14.6 Å². The summed E-state index contributed by atoms with van der Waals surface area (Å²) < 4.78 is 15.4. The minimum atomic E-state index is -1.34. The number of rotatable bonds is 13. The molecular weight excluding hydrogens is 588 g/mol. The maximum Gasteiger partial charge on any atom is 0.511 e. The molecule has 0 aliphatic heterocycles. The van der Waals surface area contributed by atoms with Gasteiger partial charge in [-0.3, -0.25) is 15.0 Å². The number of ether oxygens (including phenoxy) is 3. The van der Waals surface area contributed by atoms with Crippen molar-refractivity contribution < 1.29 is 33.4 Å². The van der Waals surface area contributed by atoms with E-state index in [0.717, 1.165) is 24.0 Å². The van der Waals surface area contributed by atoms with Crippen molar-refractivity contribution in [3.05, 3.63) is 94.3 Å². The predicted molar refractivity (Wildman–Crippen MR) is 173 cm³/mol. The van der Waals surface area contributed by atoms with E-state index in [4.69, 9.17) is 25.4 Å². The van der Waals surface area contributed by atoms with Crippen LogP contribution in [0.3, 0.4) is 0 Å². The van der Waals surface area contributed by atoms with E-state index in [2.05, 4.69) is 16.9 Å². The largest absolute Gasteiger partial charge is 0.511 e. The smallest absolute Gasteiger partial charge is 0.431 e. The number of nitrogens with zero attached hydrogens (tertiary/aromatic N) is 1. The van der Waals surface area contributed by atoms with Crippen LogP contribution in [0.25, 0.3) is 17.2 Å². The lowest BCUT2D eigenvalue weighted by Crippen LogP contribution is -2.28. The van der Waals surface area contributed by atoms with Crippen molar-refractivity contribution >= 4 is 35.7 Å². The topological polar surface area (TPSA) is 171 Å². The van der Waals surface area contributed by atoms with Crippen molar-refractivity contribution in [3.8, 4) is 11.1 Å². The molecule has 46 heavy (non-hydrogen) atoms. The van der Waals surface area contributed by atoms with Gasteiger partial charge in [0.25, 0.3) is 5.91 Å². The van der Waals surface area contributed by atoms with Crippen LogP contribution in [0, 0.1) is 18.3 Å². The predicted octanol–water partition coefficient (Wildman–Crippen LogP) is 5.61. The lowest BCUT2D eigenvalue weighted by atomic mass is 9.89. The van der Waals surface area contributed by atoms with Gasteiger partial charge in [0.15, 0.2) is 11.5 Å². The van der Waals surface area contributed by atoms with E-state index in [-0.39, 0.29) is 35.0 Å². The van der Waals surface area contributed by atoms with Crippen LogP contribution in [0.2, 0.25) is 0 Å². The fraction of sp³-hybridized carbons (Fsp3) is 0.314. The second kappa shape index (κ2) is 14.6. The molecule has 0 saturated heterocycles. The summed E-state index contributed by atoms with van der Waals surface area (Å²) in [5.74, 6) is -1.34. The zero-order valence-corrected chi connectivity index (χ0v) is 26.3. The van der Waals surface area contributed by atoms with Gasteiger partial charge in [-0.05, 0) is 80.0 Å². The second-order valence-corrected chi connectivity index (χ2v) is 11.4. The lowest BCUT2D eigenvalue weighted by molar-refractivity contribution is -0.0868. The van der Waals surface area contributed by atoms with Gasteiger partial charge in [-0.15, -0.1) is 0 Å². The summed E-state index contributed by atoms with van der Waals surface area (Å²) in [6, 6.07) is 13.3. The molecule has 1 atom stereocenters. The van der Waals surface area contributed by atoms with E-state index < -0.39 is 30.4 Å². The van der Waals surface area contributed by atoms with Crippen LogP contribution in [-0.4, -0.2) is 53.6 Å². The Labute approximate surface area is 267 Å². The van der Waals surface area contributed by atoms with Crippen LogP contribution in [-0.2, 0) is 20.6 Å². The Morgan fingerprint density at radius 1 is 1.02 bits per heavy atom. The molecule has 1 amide bonds. The number of aryl methyl sites for hydroxylation is 1. The number of carbonyl (C=O) groups is 4. The quantitative estimate of drug-likeness (QED) is 0.0717. The number of nitrogens with two attached hydrogens (primary N) is 1. The number of ketones is 1. The number of nitrogens with one attached hydrogen (secondary N) is 2. The molecule has 240 valence electrons. The van der Waals surface area contributed by atoms with E-state index >= 15 is 0 Å². The minimum Gasteiger partial charge on any atom is -0.431 e. The summed E-state index contributed by atoms with van der Waals surface area (Å²) in [5, 5.41) is 10.5. The number of carbonyl (C=O) groups excluding carboxylic acids is 4. The molecule has 1 saturated carbocycles. The van der Waals surface area contributed by atoms with Gasteiger partial charge in [0, 0.05) is 36.6 Å². The summed E-state index contributed by atoms with van der Waals surface area (Å²) in [5.41, 5.74) is 8.98. The summed E-state index contributed by atoms with van der Waals surface area (Å²) in [6.07, 6.45) is 0.925. The van der Waals surface area contributed by atoms with Gasteiger partial charge in [0.1, 0.15) is 11.5 Å². The molecule has 4 N–H and O–H groups in total. The Bertz CT molecular complexity index is 1680. The molecule has 11 heteroatoms. The summed E-state index contributed by atoms with van der Waals surface area (Å²) >= 11 is 0. The summed E-state index contributed by atoms with van der Waals surface area (Å²) in [7, 11) is 0. The molecule has 1 aliphatic rings. The fourth-order valence-electron chi connectivity index (χ4n) is 4.68. The average molecular weight is 627 g/mol. The maximum absolute atomic E-state index is 13.8. The van der Waals surface area contributed by atoms with Crippen LogP contribution in [0.5, 0.6) is 0 Å². The molecule has 11 nitrogen and oxygen atoms in total. The number of hydrogen-bond donors (Lipinski definition) is 3. The molecule has 0 radical (unpaired) electrons. The van der Waals surface area contributed by atoms with E-state index in [1.165, 1.54) is 13.0 Å². The first-order chi connectivity index (χ1) is 21.9. The van der Waals surface area contributed by atoms with Crippen LogP contribution in [0.15, 0.2) is 55.1 Å². The van der Waals surface area contributed by atoms with Crippen LogP contribution >= 0.6 is 0 Å². The van der Waals surface area contributed by atoms with Crippen molar-refractivity contribution in [2.75, 3.05) is 6.54 Å². The third-order valence-corrected chi connectivity index (χ3v) is 7.28. The number of benzene rings is 2. The Kier molecular flexibility index (Phi) is 10.7. The summed E-state index contributed by atoms with van der Waals surface area (Å²) in [4.78, 5) is 56.8. The average Bonchev–Trinajstić information content (AvgIpc) is 3.83. The van der Waals surface area contributed by atoms with E-state index in [1.807, 2.05) is 6.92 Å². The van der Waals surface area contributed by atoms with Crippen molar-refractivity contribution in [2.45, 2.75) is 59.4 Å². The van der Waals surface area contributed by atoms with Crippen molar-refractivity contribution in [3.63, 3.8) is 0 Å². The van der Waals surface area contributed by atoms with Gasteiger partial charge in [0.05, 0.1) is 6.10 Å². The van der Waals surface area contributed by atoms with Crippen molar-refractivity contribution in [2.24, 2.45) is 11.7 Å². The highest BCUT2D eigenvalue weighted by atomic mass is 16.8. The lowest BCUT2D eigenvalue weighted by Gasteiger charge is -2.18. The highest BCUT2D eigenvalue weighted by Crippen LogP contribution is 2.32. The van der Waals surface area contributed by atoms with E-state index in [1.54, 1.807) is 62.4 Å². The number of aromatic nitrogens is 1. The molecule has 0 bridgehead atoms. The maximum atomic E-state index is 13.8. The second-order valence-electron chi connectivity index (χ2n) is 11.4. The Morgan fingerprint density at radius 2 is 1.72 bits per heavy atom. The number of pyridine rings is 1. The van der Waals surface area contributed by atoms with Gasteiger partial charge in [-0.1, -0.05) is 43.0 Å². The van der Waals surface area contributed by atoms with E-state index in [0.29, 0.717) is 34.7 Å². The normalized spacial score (nSPS) is 13.0. The van der Waals surface area contributed by atoms with E-state index in [9.17, 15) is 19.2 Å². The van der Waals surface area contributed by atoms with Crippen LogP contribution in [0.1, 0.15) is 87.2 Å². The van der Waals surface area contributed by atoms with Crippen molar-refractivity contribution in [1.82, 2.24) is 10.3 Å². The number of hydrogen-bond acceptors (Lipinski definition) is 9. The Hall–Kier alpha value is -5.32. The molecule has 1 aliphatic carbocycles. The zero-order valence-electron chi connectivity index (χ0n) is 26.3. The first kappa shape index (κ1) is 33.6.